The van der Waals surface area contributed by atoms with Crippen molar-refractivity contribution >= 4 is 35.0 Å². The third-order valence-electron chi connectivity index (χ3n) is 6.25. The molecule has 8 nitrogen and oxygen atoms in total. The van der Waals surface area contributed by atoms with E-state index in [-0.39, 0.29) is 18.1 Å². The molecule has 3 aromatic carbocycles. The van der Waals surface area contributed by atoms with E-state index in [1.54, 1.807) is 48.8 Å². The molecule has 4 aromatic rings. The van der Waals surface area contributed by atoms with Gasteiger partial charge in [0.2, 0.25) is 0 Å². The molecular weight excluding hydrogens is 526 g/mol. The Labute approximate surface area is 234 Å². The van der Waals surface area contributed by atoms with Gasteiger partial charge in [0.25, 0.3) is 11.5 Å². The average Bonchev–Trinajstić information content (AvgIpc) is 3.27. The summed E-state index contributed by atoms with van der Waals surface area (Å²) in [6.45, 7) is 3.65. The summed E-state index contributed by atoms with van der Waals surface area (Å²) in [5.41, 5.74) is 2.98. The summed E-state index contributed by atoms with van der Waals surface area (Å²) in [4.78, 5) is 44.1. The summed E-state index contributed by atoms with van der Waals surface area (Å²) in [7, 11) is 0. The molecule has 1 N–H and O–H groups in total. The minimum absolute atomic E-state index is 0.176. The molecule has 0 saturated heterocycles. The zero-order chi connectivity index (χ0) is 28.1. The zero-order valence-electron chi connectivity index (χ0n) is 22.0. The number of esters is 1. The fraction of sp³-hybridized carbons (Fsp3) is 0.161. The number of hydrogen-bond acceptors (Lipinski definition) is 7. The van der Waals surface area contributed by atoms with Crippen LogP contribution in [-0.2, 0) is 14.3 Å². The maximum Gasteiger partial charge on any atom is 0.344 e. The maximum absolute atomic E-state index is 13.8. The minimum atomic E-state index is -0.637. The first kappa shape index (κ1) is 26.8. The maximum atomic E-state index is 13.8. The summed E-state index contributed by atoms with van der Waals surface area (Å²) in [6, 6.07) is 25.1. The molecule has 0 radical (unpaired) electrons. The number of hydrogen-bond donors (Lipinski definition) is 1. The van der Waals surface area contributed by atoms with Crippen molar-refractivity contribution in [1.82, 2.24) is 4.57 Å². The molecular formula is C31H27N3O5S. The second kappa shape index (κ2) is 12.0. The Morgan fingerprint density at radius 1 is 1.00 bits per heavy atom. The molecule has 1 aromatic heterocycles. The minimum Gasteiger partial charge on any atom is -0.482 e. The quantitative estimate of drug-likeness (QED) is 0.335. The number of allylic oxidation sites excluding steroid dienone is 1. The van der Waals surface area contributed by atoms with Gasteiger partial charge in [0.1, 0.15) is 5.75 Å². The summed E-state index contributed by atoms with van der Waals surface area (Å²) >= 11 is 1.27. The molecule has 2 heterocycles. The van der Waals surface area contributed by atoms with E-state index in [1.807, 2.05) is 60.7 Å². The van der Waals surface area contributed by atoms with Crippen molar-refractivity contribution in [3.63, 3.8) is 0 Å². The summed E-state index contributed by atoms with van der Waals surface area (Å²) in [5.74, 6) is -0.234. The average molecular weight is 554 g/mol. The van der Waals surface area contributed by atoms with Crippen LogP contribution in [0.4, 0.5) is 5.69 Å². The topological polar surface area (TPSA) is 99.0 Å². The molecule has 1 aliphatic heterocycles. The summed E-state index contributed by atoms with van der Waals surface area (Å²) < 4.78 is 12.4. The number of para-hydroxylation sites is 1. The zero-order valence-corrected chi connectivity index (χ0v) is 22.8. The van der Waals surface area contributed by atoms with Crippen LogP contribution >= 0.6 is 11.3 Å². The van der Waals surface area contributed by atoms with Crippen LogP contribution in [0.1, 0.15) is 31.0 Å². The van der Waals surface area contributed by atoms with E-state index >= 15 is 0 Å². The number of ether oxygens (including phenoxy) is 2. The van der Waals surface area contributed by atoms with Crippen molar-refractivity contribution < 1.29 is 19.1 Å². The van der Waals surface area contributed by atoms with Gasteiger partial charge in [0.15, 0.2) is 11.4 Å². The largest absolute Gasteiger partial charge is 0.482 e. The Balaban J connectivity index is 1.50. The van der Waals surface area contributed by atoms with Crippen LogP contribution in [0.2, 0.25) is 0 Å². The van der Waals surface area contributed by atoms with Crippen molar-refractivity contribution in [2.75, 3.05) is 18.5 Å². The van der Waals surface area contributed by atoms with E-state index < -0.39 is 12.0 Å². The van der Waals surface area contributed by atoms with Crippen LogP contribution in [0.5, 0.6) is 5.75 Å². The van der Waals surface area contributed by atoms with E-state index in [9.17, 15) is 14.4 Å². The molecule has 0 fully saturated rings. The number of carbonyl (C=O) groups is 2. The van der Waals surface area contributed by atoms with E-state index in [4.69, 9.17) is 9.47 Å². The van der Waals surface area contributed by atoms with Crippen LogP contribution in [0.15, 0.2) is 106 Å². The number of amides is 1. The predicted molar refractivity (Wildman–Crippen MR) is 154 cm³/mol. The second-order valence-electron chi connectivity index (χ2n) is 8.98. The Bertz CT molecular complexity index is 1740. The highest BCUT2D eigenvalue weighted by atomic mass is 32.1. The first-order valence-corrected chi connectivity index (χ1v) is 13.6. The number of nitrogens with zero attached hydrogens (tertiary/aromatic N) is 2. The molecule has 40 heavy (non-hydrogen) atoms. The third-order valence-corrected chi connectivity index (χ3v) is 7.24. The highest BCUT2D eigenvalue weighted by Gasteiger charge is 2.32. The standard InChI is InChI=1S/C31H27N3O5S/c1-3-38-26(35)19-39-24-16-14-21(15-17-24)18-25-30(37)34-28(22-10-6-4-7-11-22)27(20(2)32-31(34)40-25)29(36)33-23-12-8-5-9-13-23/h4-18,28H,3,19H2,1-2H3,(H,33,36)/b25-18-/t28-/m1/s1. The van der Waals surface area contributed by atoms with Gasteiger partial charge in [-0.1, -0.05) is 72.0 Å². The number of carbonyl (C=O) groups excluding carboxylic acids is 2. The van der Waals surface area contributed by atoms with Gasteiger partial charge >= 0.3 is 5.97 Å². The van der Waals surface area contributed by atoms with Crippen LogP contribution in [0.25, 0.3) is 6.08 Å². The first-order valence-electron chi connectivity index (χ1n) is 12.8. The number of rotatable bonds is 8. The number of benzene rings is 3. The molecule has 1 amide bonds. The summed E-state index contributed by atoms with van der Waals surface area (Å²) in [5, 5.41) is 2.95. The molecule has 9 heteroatoms. The fourth-order valence-corrected chi connectivity index (χ4v) is 5.49. The number of anilines is 1. The molecule has 0 unspecified atom stereocenters. The SMILES string of the molecule is CCOC(=O)COc1ccc(/C=c2\sc3n(c2=O)[C@H](c2ccccc2)C(C(=O)Nc2ccccc2)=C(C)N=3)cc1. The number of aromatic nitrogens is 1. The number of nitrogens with one attached hydrogen (secondary N) is 1. The van der Waals surface area contributed by atoms with Crippen LogP contribution in [-0.4, -0.2) is 29.7 Å². The monoisotopic (exact) mass is 553 g/mol. The van der Waals surface area contributed by atoms with Crippen LogP contribution in [0.3, 0.4) is 0 Å². The molecule has 1 atom stereocenters. The molecule has 0 bridgehead atoms. The van der Waals surface area contributed by atoms with Crippen LogP contribution < -0.4 is 24.9 Å². The summed E-state index contributed by atoms with van der Waals surface area (Å²) in [6.07, 6.45) is 1.78. The highest BCUT2D eigenvalue weighted by molar-refractivity contribution is 7.07. The van der Waals surface area contributed by atoms with Crippen molar-refractivity contribution in [3.8, 4) is 5.75 Å². The van der Waals surface area contributed by atoms with Gasteiger partial charge < -0.3 is 14.8 Å². The lowest BCUT2D eigenvalue weighted by Gasteiger charge is -2.25. The van der Waals surface area contributed by atoms with Crippen molar-refractivity contribution in [3.05, 3.63) is 127 Å². The smallest absolute Gasteiger partial charge is 0.344 e. The molecule has 1 aliphatic rings. The Morgan fingerprint density at radius 3 is 2.35 bits per heavy atom. The number of fused-ring (bicyclic) bond motifs is 1. The van der Waals surface area contributed by atoms with E-state index in [0.717, 1.165) is 11.1 Å². The van der Waals surface area contributed by atoms with Gasteiger partial charge in [0, 0.05) is 5.69 Å². The fourth-order valence-electron chi connectivity index (χ4n) is 4.44. The number of thiazole rings is 1. The lowest BCUT2D eigenvalue weighted by molar-refractivity contribution is -0.145. The Hall–Kier alpha value is -4.76. The molecule has 0 aliphatic carbocycles. The van der Waals surface area contributed by atoms with E-state index in [0.29, 0.717) is 38.6 Å². The van der Waals surface area contributed by atoms with Crippen molar-refractivity contribution in [1.29, 1.82) is 0 Å². The van der Waals surface area contributed by atoms with Gasteiger partial charge in [-0.05, 0) is 55.3 Å². The van der Waals surface area contributed by atoms with Gasteiger partial charge in [-0.15, -0.1) is 0 Å². The van der Waals surface area contributed by atoms with E-state index in [1.165, 1.54) is 11.3 Å². The molecule has 0 spiro atoms. The highest BCUT2D eigenvalue weighted by Crippen LogP contribution is 2.30. The normalized spacial score (nSPS) is 14.8. The lowest BCUT2D eigenvalue weighted by atomic mass is 9.95. The predicted octanol–water partition coefficient (Wildman–Crippen LogP) is 3.82. The molecule has 202 valence electrons. The lowest BCUT2D eigenvalue weighted by Crippen LogP contribution is -2.40. The molecule has 0 saturated carbocycles. The van der Waals surface area contributed by atoms with Gasteiger partial charge in [0.05, 0.1) is 28.5 Å². The Morgan fingerprint density at radius 2 is 1.68 bits per heavy atom. The van der Waals surface area contributed by atoms with Crippen LogP contribution in [0, 0.1) is 0 Å². The Kier molecular flexibility index (Phi) is 8.02. The first-order chi connectivity index (χ1) is 19.4. The van der Waals surface area contributed by atoms with E-state index in [2.05, 4.69) is 10.3 Å². The van der Waals surface area contributed by atoms with Crippen molar-refractivity contribution in [2.45, 2.75) is 19.9 Å². The van der Waals surface area contributed by atoms with Gasteiger partial charge in [-0.3, -0.25) is 14.2 Å². The second-order valence-corrected chi connectivity index (χ2v) is 9.98. The molecule has 5 rings (SSSR count). The third kappa shape index (κ3) is 5.79. The van der Waals surface area contributed by atoms with Gasteiger partial charge in [-0.2, -0.15) is 0 Å². The van der Waals surface area contributed by atoms with Gasteiger partial charge in [-0.25, -0.2) is 9.79 Å². The van der Waals surface area contributed by atoms with Crippen molar-refractivity contribution in [2.24, 2.45) is 4.99 Å².